The minimum atomic E-state index is 0.183. The van der Waals surface area contributed by atoms with Gasteiger partial charge in [-0.05, 0) is 18.5 Å². The Morgan fingerprint density at radius 3 is 2.94 bits per heavy atom. The maximum absolute atomic E-state index is 5.82. The Labute approximate surface area is 99.0 Å². The predicted molar refractivity (Wildman–Crippen MR) is 62.0 cm³/mol. The Morgan fingerprint density at radius 2 is 2.25 bits per heavy atom. The minimum Gasteiger partial charge on any atom is -0.375 e. The highest BCUT2D eigenvalue weighted by molar-refractivity contribution is 6.28. The Bertz CT molecular complexity index is 375. The average molecular weight is 244 g/mol. The zero-order chi connectivity index (χ0) is 11.5. The quantitative estimate of drug-likeness (QED) is 0.829. The molecule has 0 amide bonds. The molecule has 1 unspecified atom stereocenters. The van der Waals surface area contributed by atoms with Crippen LogP contribution in [-0.2, 0) is 4.74 Å². The summed E-state index contributed by atoms with van der Waals surface area (Å²) in [5, 5.41) is 3.06. The zero-order valence-corrected chi connectivity index (χ0v) is 10.0. The van der Waals surface area contributed by atoms with Gasteiger partial charge in [-0.25, -0.2) is 0 Å². The smallest absolute Gasteiger partial charge is 0.231 e. The van der Waals surface area contributed by atoms with Crippen molar-refractivity contribution in [3.05, 3.63) is 5.28 Å². The number of anilines is 2. The highest BCUT2D eigenvalue weighted by Gasteiger charge is 2.20. The second-order valence-corrected chi connectivity index (χ2v) is 3.94. The second kappa shape index (κ2) is 4.80. The zero-order valence-electron chi connectivity index (χ0n) is 9.27. The summed E-state index contributed by atoms with van der Waals surface area (Å²) in [7, 11) is 1.75. The van der Waals surface area contributed by atoms with Crippen LogP contribution in [0.25, 0.3) is 0 Å². The van der Waals surface area contributed by atoms with Gasteiger partial charge in [-0.1, -0.05) is 0 Å². The van der Waals surface area contributed by atoms with Crippen LogP contribution in [0.3, 0.4) is 0 Å². The minimum absolute atomic E-state index is 0.183. The predicted octanol–water partition coefficient (Wildman–Crippen LogP) is 0.792. The van der Waals surface area contributed by atoms with Gasteiger partial charge in [0.05, 0.1) is 12.7 Å². The first kappa shape index (κ1) is 11.3. The van der Waals surface area contributed by atoms with Gasteiger partial charge in [0.25, 0.3) is 0 Å². The molecule has 1 aromatic rings. The lowest BCUT2D eigenvalue weighted by molar-refractivity contribution is 0.0526. The normalized spacial score (nSPS) is 20.9. The van der Waals surface area contributed by atoms with Crippen molar-refractivity contribution in [3.63, 3.8) is 0 Å². The fourth-order valence-electron chi connectivity index (χ4n) is 1.59. The first-order valence-corrected chi connectivity index (χ1v) is 5.52. The number of rotatable bonds is 2. The number of hydrogen-bond donors (Lipinski definition) is 1. The maximum Gasteiger partial charge on any atom is 0.231 e. The molecule has 6 nitrogen and oxygen atoms in total. The summed E-state index contributed by atoms with van der Waals surface area (Å²) in [6, 6.07) is 0. The molecule has 0 aromatic carbocycles. The topological polar surface area (TPSA) is 63.2 Å². The largest absolute Gasteiger partial charge is 0.375 e. The van der Waals surface area contributed by atoms with Crippen LogP contribution in [0.15, 0.2) is 0 Å². The van der Waals surface area contributed by atoms with Crippen molar-refractivity contribution in [1.29, 1.82) is 0 Å². The first-order valence-electron chi connectivity index (χ1n) is 5.15. The Hall–Kier alpha value is -1.14. The van der Waals surface area contributed by atoms with Crippen molar-refractivity contribution >= 4 is 23.5 Å². The molecule has 0 radical (unpaired) electrons. The summed E-state index contributed by atoms with van der Waals surface area (Å²) in [4.78, 5) is 14.4. The molecule has 0 saturated carbocycles. The lowest BCUT2D eigenvalue weighted by Crippen LogP contribution is -2.42. The second-order valence-electron chi connectivity index (χ2n) is 3.61. The van der Waals surface area contributed by atoms with Crippen LogP contribution >= 0.6 is 11.6 Å². The SMILES string of the molecule is CNc1nc(Cl)nc(N2CCOC(C)C2)n1. The van der Waals surface area contributed by atoms with Gasteiger partial charge in [0.2, 0.25) is 17.2 Å². The standard InChI is InChI=1S/C9H14ClN5O/c1-6-5-15(3-4-16-6)9-13-7(10)12-8(11-2)14-9/h6H,3-5H2,1-2H3,(H,11,12,13,14). The number of halogens is 1. The molecule has 1 N–H and O–H groups in total. The van der Waals surface area contributed by atoms with E-state index in [0.717, 1.165) is 13.1 Å². The summed E-state index contributed by atoms with van der Waals surface area (Å²) in [6.07, 6.45) is 0.183. The van der Waals surface area contributed by atoms with Gasteiger partial charge in [-0.2, -0.15) is 15.0 Å². The number of ether oxygens (including phenoxy) is 1. The summed E-state index contributed by atoms with van der Waals surface area (Å²) in [6.45, 7) is 4.24. The lowest BCUT2D eigenvalue weighted by Gasteiger charge is -2.31. The van der Waals surface area contributed by atoms with Crippen LogP contribution in [0.1, 0.15) is 6.92 Å². The molecular formula is C9H14ClN5O. The molecule has 0 spiro atoms. The molecule has 1 fully saturated rings. The Morgan fingerprint density at radius 1 is 1.44 bits per heavy atom. The lowest BCUT2D eigenvalue weighted by atomic mass is 10.3. The van der Waals surface area contributed by atoms with E-state index >= 15 is 0 Å². The number of nitrogens with one attached hydrogen (secondary N) is 1. The molecule has 2 heterocycles. The fourth-order valence-corrected chi connectivity index (χ4v) is 1.75. The van der Waals surface area contributed by atoms with Gasteiger partial charge in [0, 0.05) is 20.1 Å². The van der Waals surface area contributed by atoms with E-state index in [-0.39, 0.29) is 11.4 Å². The molecule has 2 rings (SSSR count). The van der Waals surface area contributed by atoms with Gasteiger partial charge in [-0.3, -0.25) is 0 Å². The number of nitrogens with zero attached hydrogens (tertiary/aromatic N) is 4. The Kier molecular flexibility index (Phi) is 3.40. The van der Waals surface area contributed by atoms with Gasteiger partial charge in [0.1, 0.15) is 0 Å². The van der Waals surface area contributed by atoms with Crippen LogP contribution < -0.4 is 10.2 Å². The van der Waals surface area contributed by atoms with Crippen LogP contribution in [-0.4, -0.2) is 47.8 Å². The van der Waals surface area contributed by atoms with E-state index in [0.29, 0.717) is 18.5 Å². The highest BCUT2D eigenvalue weighted by atomic mass is 35.5. The van der Waals surface area contributed by atoms with E-state index in [4.69, 9.17) is 16.3 Å². The molecule has 1 aliphatic rings. The highest BCUT2D eigenvalue weighted by Crippen LogP contribution is 2.16. The van der Waals surface area contributed by atoms with Crippen molar-refractivity contribution in [2.75, 3.05) is 37.0 Å². The maximum atomic E-state index is 5.82. The van der Waals surface area contributed by atoms with Crippen LogP contribution in [0.5, 0.6) is 0 Å². The van der Waals surface area contributed by atoms with Crippen LogP contribution in [0.2, 0.25) is 5.28 Å². The summed E-state index contributed by atoms with van der Waals surface area (Å²) in [5.74, 6) is 1.08. The fraction of sp³-hybridized carbons (Fsp3) is 0.667. The number of aromatic nitrogens is 3. The first-order chi connectivity index (χ1) is 7.69. The van der Waals surface area contributed by atoms with E-state index in [1.165, 1.54) is 0 Å². The van der Waals surface area contributed by atoms with Crippen molar-refractivity contribution in [3.8, 4) is 0 Å². The monoisotopic (exact) mass is 243 g/mol. The summed E-state index contributed by atoms with van der Waals surface area (Å²) < 4.78 is 5.45. The van der Waals surface area contributed by atoms with Crippen LogP contribution in [0, 0.1) is 0 Å². The van der Waals surface area contributed by atoms with E-state index in [2.05, 4.69) is 20.3 Å². The van der Waals surface area contributed by atoms with Gasteiger partial charge in [0.15, 0.2) is 0 Å². The molecule has 88 valence electrons. The van der Waals surface area contributed by atoms with E-state index in [1.807, 2.05) is 11.8 Å². The summed E-state index contributed by atoms with van der Waals surface area (Å²) >= 11 is 5.82. The molecule has 1 saturated heterocycles. The third-order valence-corrected chi connectivity index (χ3v) is 2.51. The molecular weight excluding hydrogens is 230 g/mol. The molecule has 1 aliphatic heterocycles. The van der Waals surface area contributed by atoms with Crippen molar-refractivity contribution < 1.29 is 4.74 Å². The van der Waals surface area contributed by atoms with E-state index in [9.17, 15) is 0 Å². The molecule has 1 atom stereocenters. The van der Waals surface area contributed by atoms with Gasteiger partial charge < -0.3 is 15.0 Å². The van der Waals surface area contributed by atoms with Crippen LogP contribution in [0.4, 0.5) is 11.9 Å². The average Bonchev–Trinajstić information content (AvgIpc) is 2.28. The third kappa shape index (κ3) is 2.51. The van der Waals surface area contributed by atoms with Crippen molar-refractivity contribution in [2.24, 2.45) is 0 Å². The molecule has 0 aliphatic carbocycles. The third-order valence-electron chi connectivity index (χ3n) is 2.34. The molecule has 0 bridgehead atoms. The summed E-state index contributed by atoms with van der Waals surface area (Å²) in [5.41, 5.74) is 0. The van der Waals surface area contributed by atoms with E-state index < -0.39 is 0 Å². The van der Waals surface area contributed by atoms with Gasteiger partial charge >= 0.3 is 0 Å². The molecule has 7 heteroatoms. The van der Waals surface area contributed by atoms with Gasteiger partial charge in [-0.15, -0.1) is 0 Å². The number of morpholine rings is 1. The molecule has 1 aromatic heterocycles. The number of hydrogen-bond acceptors (Lipinski definition) is 6. The Balaban J connectivity index is 2.21. The van der Waals surface area contributed by atoms with Crippen molar-refractivity contribution in [2.45, 2.75) is 13.0 Å². The molecule has 16 heavy (non-hydrogen) atoms. The van der Waals surface area contributed by atoms with Crippen molar-refractivity contribution in [1.82, 2.24) is 15.0 Å². The van der Waals surface area contributed by atoms with E-state index in [1.54, 1.807) is 7.05 Å².